The Morgan fingerprint density at radius 3 is 2.47 bits per heavy atom. The first kappa shape index (κ1) is 21.9. The highest BCUT2D eigenvalue weighted by atomic mass is 16.5. The molecule has 2 N–H and O–H groups in total. The highest BCUT2D eigenvalue weighted by Gasteiger charge is 2.58. The van der Waals surface area contributed by atoms with Crippen molar-refractivity contribution in [2.45, 2.75) is 52.5 Å². The smallest absolute Gasteiger partial charge is 0.325 e. The number of nitrogens with zero attached hydrogens (tertiary/aromatic N) is 1. The van der Waals surface area contributed by atoms with Crippen molar-refractivity contribution in [3.8, 4) is 11.5 Å². The Labute approximate surface area is 177 Å². The summed E-state index contributed by atoms with van der Waals surface area (Å²) < 4.78 is 11.1. The maximum Gasteiger partial charge on any atom is 0.325 e. The highest BCUT2D eigenvalue weighted by Crippen LogP contribution is 2.42. The Morgan fingerprint density at radius 1 is 1.17 bits per heavy atom. The van der Waals surface area contributed by atoms with E-state index in [0.29, 0.717) is 30.4 Å². The number of anilines is 1. The summed E-state index contributed by atoms with van der Waals surface area (Å²) in [5, 5.41) is 5.67. The maximum atomic E-state index is 13.2. The SMILES string of the molecule is CCOc1ccc(OCC)c(NC(=O)CN2C(=O)NC3(C2=O)C(C)CCCC3C)c1. The fourth-order valence-electron chi connectivity index (χ4n) is 4.57. The quantitative estimate of drug-likeness (QED) is 0.664. The van der Waals surface area contributed by atoms with Crippen LogP contribution in [0.2, 0.25) is 0 Å². The van der Waals surface area contributed by atoms with Gasteiger partial charge in [0.2, 0.25) is 5.91 Å². The summed E-state index contributed by atoms with van der Waals surface area (Å²) in [6, 6.07) is 4.64. The molecule has 30 heavy (non-hydrogen) atoms. The van der Waals surface area contributed by atoms with Crippen LogP contribution in [0, 0.1) is 11.8 Å². The van der Waals surface area contributed by atoms with Crippen LogP contribution >= 0.6 is 0 Å². The van der Waals surface area contributed by atoms with E-state index in [1.54, 1.807) is 18.2 Å². The number of hydrogen-bond acceptors (Lipinski definition) is 5. The van der Waals surface area contributed by atoms with Crippen LogP contribution in [-0.4, -0.2) is 48.0 Å². The van der Waals surface area contributed by atoms with Crippen LogP contribution in [0.4, 0.5) is 10.5 Å². The minimum atomic E-state index is -0.916. The lowest BCUT2D eigenvalue weighted by Crippen LogP contribution is -2.59. The van der Waals surface area contributed by atoms with Gasteiger partial charge < -0.3 is 20.1 Å². The molecule has 2 aliphatic rings. The van der Waals surface area contributed by atoms with E-state index in [9.17, 15) is 14.4 Å². The summed E-state index contributed by atoms with van der Waals surface area (Å²) in [5.41, 5.74) is -0.477. The summed E-state index contributed by atoms with van der Waals surface area (Å²) in [4.78, 5) is 39.6. The number of carbonyl (C=O) groups is 3. The molecule has 1 saturated heterocycles. The van der Waals surface area contributed by atoms with E-state index in [4.69, 9.17) is 9.47 Å². The van der Waals surface area contributed by atoms with Gasteiger partial charge in [-0.15, -0.1) is 0 Å². The van der Waals surface area contributed by atoms with Gasteiger partial charge in [0.25, 0.3) is 5.91 Å². The Kier molecular flexibility index (Phi) is 6.53. The Balaban J connectivity index is 1.76. The van der Waals surface area contributed by atoms with Crippen molar-refractivity contribution >= 4 is 23.5 Å². The van der Waals surface area contributed by atoms with E-state index < -0.39 is 17.5 Å². The third-order valence-electron chi connectivity index (χ3n) is 6.12. The minimum absolute atomic E-state index is 0.0261. The number of urea groups is 1. The standard InChI is InChI=1S/C22H31N3O5/c1-5-29-16-10-11-18(30-6-2)17(12-16)23-19(26)13-25-20(27)22(24-21(25)28)14(3)8-7-9-15(22)4/h10-12,14-15H,5-9,13H2,1-4H3,(H,23,26)(H,24,28). The molecule has 8 nitrogen and oxygen atoms in total. The highest BCUT2D eigenvalue weighted by molar-refractivity contribution is 6.10. The normalized spacial score (nSPS) is 25.9. The second-order valence-corrected chi connectivity index (χ2v) is 8.00. The lowest BCUT2D eigenvalue weighted by atomic mass is 9.67. The van der Waals surface area contributed by atoms with Crippen LogP contribution < -0.4 is 20.1 Å². The molecule has 0 bridgehead atoms. The van der Waals surface area contributed by atoms with Crippen molar-refractivity contribution in [1.29, 1.82) is 0 Å². The van der Waals surface area contributed by atoms with Crippen LogP contribution in [0.5, 0.6) is 11.5 Å². The van der Waals surface area contributed by atoms with Crippen LogP contribution in [0.25, 0.3) is 0 Å². The third kappa shape index (κ3) is 3.95. The predicted molar refractivity (Wildman–Crippen MR) is 113 cm³/mol. The summed E-state index contributed by atoms with van der Waals surface area (Å²) in [5.74, 6) is 0.362. The molecule has 0 aromatic heterocycles. The Hall–Kier alpha value is -2.77. The van der Waals surface area contributed by atoms with Crippen molar-refractivity contribution in [2.75, 3.05) is 25.1 Å². The summed E-state index contributed by atoms with van der Waals surface area (Å²) in [7, 11) is 0. The van der Waals surface area contributed by atoms with Gasteiger partial charge in [0, 0.05) is 6.07 Å². The van der Waals surface area contributed by atoms with Crippen molar-refractivity contribution < 1.29 is 23.9 Å². The lowest BCUT2D eigenvalue weighted by Gasteiger charge is -2.42. The number of hydrogen-bond donors (Lipinski definition) is 2. The largest absolute Gasteiger partial charge is 0.494 e. The van der Waals surface area contributed by atoms with Crippen molar-refractivity contribution in [1.82, 2.24) is 10.2 Å². The fourth-order valence-corrected chi connectivity index (χ4v) is 4.57. The molecule has 2 atom stereocenters. The first-order valence-electron chi connectivity index (χ1n) is 10.7. The fraction of sp³-hybridized carbons (Fsp3) is 0.591. The summed E-state index contributed by atoms with van der Waals surface area (Å²) in [6.07, 6.45) is 2.78. The molecule has 1 saturated carbocycles. The van der Waals surface area contributed by atoms with E-state index in [0.717, 1.165) is 24.2 Å². The van der Waals surface area contributed by atoms with E-state index in [-0.39, 0.29) is 24.3 Å². The number of benzene rings is 1. The molecule has 164 valence electrons. The van der Waals surface area contributed by atoms with Crippen LogP contribution in [-0.2, 0) is 9.59 Å². The van der Waals surface area contributed by atoms with Gasteiger partial charge in [-0.05, 0) is 50.7 Å². The Morgan fingerprint density at radius 2 is 1.83 bits per heavy atom. The first-order valence-corrected chi connectivity index (χ1v) is 10.7. The number of amides is 4. The average Bonchev–Trinajstić information content (AvgIpc) is 2.94. The van der Waals surface area contributed by atoms with Crippen molar-refractivity contribution in [2.24, 2.45) is 11.8 Å². The molecule has 2 fully saturated rings. The molecular formula is C22H31N3O5. The summed E-state index contributed by atoms with van der Waals surface area (Å²) in [6.45, 7) is 8.27. The lowest BCUT2D eigenvalue weighted by molar-refractivity contribution is -0.138. The van der Waals surface area contributed by atoms with Crippen LogP contribution in [0.1, 0.15) is 47.0 Å². The van der Waals surface area contributed by atoms with Gasteiger partial charge in [-0.1, -0.05) is 20.3 Å². The van der Waals surface area contributed by atoms with Crippen LogP contribution in [0.15, 0.2) is 18.2 Å². The second-order valence-electron chi connectivity index (χ2n) is 8.00. The zero-order valence-corrected chi connectivity index (χ0v) is 18.1. The van der Waals surface area contributed by atoms with Gasteiger partial charge in [0.1, 0.15) is 23.6 Å². The van der Waals surface area contributed by atoms with Crippen molar-refractivity contribution in [3.63, 3.8) is 0 Å². The second kappa shape index (κ2) is 8.93. The Bertz CT molecular complexity index is 815. The van der Waals surface area contributed by atoms with Gasteiger partial charge in [-0.2, -0.15) is 0 Å². The molecule has 2 unspecified atom stereocenters. The number of imide groups is 1. The molecule has 1 heterocycles. The molecule has 1 aliphatic heterocycles. The molecule has 8 heteroatoms. The number of carbonyl (C=O) groups excluding carboxylic acids is 3. The molecule has 1 aromatic carbocycles. The van der Waals surface area contributed by atoms with Gasteiger partial charge in [-0.3, -0.25) is 14.5 Å². The monoisotopic (exact) mass is 417 g/mol. The molecule has 1 aromatic rings. The van der Waals surface area contributed by atoms with E-state index in [1.165, 1.54) is 0 Å². The number of nitrogens with one attached hydrogen (secondary N) is 2. The molecule has 4 amide bonds. The van der Waals surface area contributed by atoms with Gasteiger partial charge in [-0.25, -0.2) is 4.79 Å². The topological polar surface area (TPSA) is 97.0 Å². The van der Waals surface area contributed by atoms with Gasteiger partial charge in [0.05, 0.1) is 18.9 Å². The van der Waals surface area contributed by atoms with Gasteiger partial charge >= 0.3 is 6.03 Å². The molecule has 3 rings (SSSR count). The van der Waals surface area contributed by atoms with Crippen molar-refractivity contribution in [3.05, 3.63) is 18.2 Å². The predicted octanol–water partition coefficient (Wildman–Crippen LogP) is 3.17. The number of rotatable bonds is 7. The summed E-state index contributed by atoms with van der Waals surface area (Å²) >= 11 is 0. The van der Waals surface area contributed by atoms with Gasteiger partial charge in [0.15, 0.2) is 0 Å². The zero-order valence-electron chi connectivity index (χ0n) is 18.1. The molecule has 1 spiro atoms. The van der Waals surface area contributed by atoms with Crippen LogP contribution in [0.3, 0.4) is 0 Å². The number of ether oxygens (including phenoxy) is 2. The first-order chi connectivity index (χ1) is 14.3. The minimum Gasteiger partial charge on any atom is -0.494 e. The molecule has 1 aliphatic carbocycles. The molecular weight excluding hydrogens is 386 g/mol. The third-order valence-corrected chi connectivity index (χ3v) is 6.12. The maximum absolute atomic E-state index is 13.2. The van der Waals surface area contributed by atoms with E-state index in [1.807, 2.05) is 27.7 Å². The zero-order chi connectivity index (χ0) is 21.9. The van der Waals surface area contributed by atoms with E-state index in [2.05, 4.69) is 10.6 Å². The average molecular weight is 418 g/mol. The van der Waals surface area contributed by atoms with E-state index >= 15 is 0 Å². The molecule has 0 radical (unpaired) electrons.